The number of hydrogen-bond acceptors (Lipinski definition) is 11. The van der Waals surface area contributed by atoms with Gasteiger partial charge in [-0.15, -0.1) is 0 Å². The molecule has 0 aromatic carbocycles. The van der Waals surface area contributed by atoms with Gasteiger partial charge in [-0.05, 0) is 38.5 Å². The minimum Gasteiger partial charge on any atom is -0.425 e. The lowest BCUT2D eigenvalue weighted by atomic mass is 10.1. The number of esters is 1. The van der Waals surface area contributed by atoms with E-state index in [1.165, 1.54) is 24.0 Å². The van der Waals surface area contributed by atoms with Crippen LogP contribution in [-0.2, 0) is 47.9 Å². The average Bonchev–Trinajstić information content (AvgIpc) is 3.46. The first-order valence-electron chi connectivity index (χ1n) is 15.1. The Labute approximate surface area is 255 Å². The van der Waals surface area contributed by atoms with Crippen LogP contribution in [0.2, 0.25) is 0 Å². The summed E-state index contributed by atoms with van der Waals surface area (Å²) in [6.07, 6.45) is 6.89. The summed E-state index contributed by atoms with van der Waals surface area (Å²) < 4.78 is 9.67. The highest BCUT2D eigenvalue weighted by Gasteiger charge is 2.34. The lowest BCUT2D eigenvalue weighted by Gasteiger charge is -2.16. The lowest BCUT2D eigenvalue weighted by Crippen LogP contribution is -2.34. The predicted octanol–water partition coefficient (Wildman–Crippen LogP) is 1.93. The quantitative estimate of drug-likeness (QED) is 0.0822. The Morgan fingerprint density at radius 1 is 0.705 bits per heavy atom. The molecule has 44 heavy (non-hydrogen) atoms. The molecule has 0 bridgehead atoms. The molecule has 0 spiro atoms. The number of hydroxylamine groups is 2. The van der Waals surface area contributed by atoms with Crippen LogP contribution in [0.15, 0.2) is 12.2 Å². The Morgan fingerprint density at radius 2 is 1.20 bits per heavy atom. The van der Waals surface area contributed by atoms with Crippen LogP contribution >= 0.6 is 0 Å². The molecule has 0 aliphatic carbocycles. The van der Waals surface area contributed by atoms with Crippen molar-refractivity contribution in [3.63, 3.8) is 0 Å². The summed E-state index contributed by atoms with van der Waals surface area (Å²) >= 11 is 0. The number of carbonyl (C=O) groups is 8. The van der Waals surface area contributed by atoms with Crippen LogP contribution in [0.25, 0.3) is 0 Å². The van der Waals surface area contributed by atoms with Gasteiger partial charge in [-0.1, -0.05) is 24.3 Å². The van der Waals surface area contributed by atoms with Crippen LogP contribution in [0.1, 0.15) is 96.8 Å². The number of amides is 6. The van der Waals surface area contributed by atoms with Gasteiger partial charge in [0.1, 0.15) is 0 Å². The zero-order valence-corrected chi connectivity index (χ0v) is 25.1. The van der Waals surface area contributed by atoms with Gasteiger partial charge in [-0.2, -0.15) is 0 Å². The number of unbranched alkanes of at least 4 members (excludes halogenated alkanes) is 6. The van der Waals surface area contributed by atoms with Crippen molar-refractivity contribution in [2.45, 2.75) is 103 Å². The van der Waals surface area contributed by atoms with Gasteiger partial charge in [-0.3, -0.25) is 43.3 Å². The fourth-order valence-corrected chi connectivity index (χ4v) is 4.33. The van der Waals surface area contributed by atoms with Crippen LogP contribution in [0, 0.1) is 0 Å². The fourth-order valence-electron chi connectivity index (χ4n) is 4.33. The second-order valence-corrected chi connectivity index (χ2v) is 10.4. The fraction of sp³-hybridized carbons (Fsp3) is 0.655. The van der Waals surface area contributed by atoms with E-state index in [4.69, 9.17) is 9.47 Å². The van der Waals surface area contributed by atoms with Crippen molar-refractivity contribution in [2.24, 2.45) is 0 Å². The first kappa shape index (κ1) is 35.9. The van der Waals surface area contributed by atoms with E-state index in [0.29, 0.717) is 76.1 Å². The van der Waals surface area contributed by atoms with Crippen molar-refractivity contribution in [1.29, 1.82) is 0 Å². The van der Waals surface area contributed by atoms with Crippen molar-refractivity contribution in [3.8, 4) is 0 Å². The molecular weight excluding hydrogens is 580 g/mol. The van der Waals surface area contributed by atoms with E-state index >= 15 is 0 Å². The number of carbonyl (C=O) groups excluding carboxylic acids is 8. The molecule has 15 nitrogen and oxygen atoms in total. The number of rotatable bonds is 21. The van der Waals surface area contributed by atoms with Gasteiger partial charge in [0, 0.05) is 70.8 Å². The SMILES string of the molecule is CC(OC(=O)CCCCCNC(=O)CCCCCNC(=O)CCCCCN1C(=O)C=CC1=O)OC(=O)ON1C(=O)CCC1=O. The maximum absolute atomic E-state index is 12.0. The second-order valence-electron chi connectivity index (χ2n) is 10.4. The molecule has 0 radical (unpaired) electrons. The maximum Gasteiger partial charge on any atom is 0.537 e. The summed E-state index contributed by atoms with van der Waals surface area (Å²) in [5.74, 6) is -2.58. The molecule has 15 heteroatoms. The number of nitrogens with zero attached hydrogens (tertiary/aromatic N) is 2. The number of imide groups is 2. The third kappa shape index (κ3) is 14.2. The zero-order valence-electron chi connectivity index (χ0n) is 25.1. The molecule has 2 rings (SSSR count). The van der Waals surface area contributed by atoms with E-state index in [0.717, 1.165) is 19.3 Å². The Kier molecular flexibility index (Phi) is 16.2. The molecule has 2 heterocycles. The third-order valence-electron chi connectivity index (χ3n) is 6.70. The van der Waals surface area contributed by atoms with E-state index in [-0.39, 0.29) is 42.9 Å². The van der Waals surface area contributed by atoms with Crippen LogP contribution in [-0.4, -0.2) is 83.5 Å². The van der Waals surface area contributed by atoms with Gasteiger partial charge >= 0.3 is 12.1 Å². The van der Waals surface area contributed by atoms with Crippen molar-refractivity contribution in [3.05, 3.63) is 12.2 Å². The third-order valence-corrected chi connectivity index (χ3v) is 6.70. The molecule has 1 saturated heterocycles. The molecule has 2 N–H and O–H groups in total. The smallest absolute Gasteiger partial charge is 0.425 e. The molecule has 244 valence electrons. The Morgan fingerprint density at radius 3 is 1.75 bits per heavy atom. The monoisotopic (exact) mass is 622 g/mol. The zero-order chi connectivity index (χ0) is 32.3. The molecule has 1 unspecified atom stereocenters. The molecule has 0 saturated carbocycles. The van der Waals surface area contributed by atoms with E-state index in [1.54, 1.807) is 0 Å². The molecule has 2 aliphatic heterocycles. The van der Waals surface area contributed by atoms with Gasteiger partial charge in [0.2, 0.25) is 18.1 Å². The topological polar surface area (TPSA) is 195 Å². The highest BCUT2D eigenvalue weighted by Crippen LogP contribution is 2.13. The second kappa shape index (κ2) is 19.8. The molecule has 1 atom stereocenters. The van der Waals surface area contributed by atoms with E-state index < -0.39 is 30.2 Å². The summed E-state index contributed by atoms with van der Waals surface area (Å²) in [6, 6.07) is 0. The van der Waals surface area contributed by atoms with Crippen LogP contribution in [0.4, 0.5) is 4.79 Å². The summed E-state index contributed by atoms with van der Waals surface area (Å²) in [5.41, 5.74) is 0. The Hall–Kier alpha value is -4.30. The molecule has 6 amide bonds. The normalized spacial score (nSPS) is 15.0. The summed E-state index contributed by atoms with van der Waals surface area (Å²) in [4.78, 5) is 99.0. The average molecular weight is 623 g/mol. The minimum absolute atomic E-state index is 0.0380. The standard InChI is InChI=1S/C29H42N4O11/c1-21(43-29(41)44-33-26(38)16-17-27(33)39)42-28(40)13-7-3-9-19-31-22(34)11-5-2-8-18-30-23(35)12-6-4-10-20-32-24(36)14-15-25(32)37/h14-15,21H,2-13,16-20H2,1H3,(H,30,35)(H,31,34). The lowest BCUT2D eigenvalue weighted by molar-refractivity contribution is -0.191. The Balaban J connectivity index is 1.35. The summed E-state index contributed by atoms with van der Waals surface area (Å²) in [6.45, 7) is 2.69. The molecule has 2 aliphatic rings. The van der Waals surface area contributed by atoms with Gasteiger partial charge < -0.3 is 20.1 Å². The van der Waals surface area contributed by atoms with Crippen molar-refractivity contribution in [2.75, 3.05) is 19.6 Å². The highest BCUT2D eigenvalue weighted by atomic mass is 16.9. The van der Waals surface area contributed by atoms with E-state index in [9.17, 15) is 38.4 Å². The molecular formula is C29H42N4O11. The van der Waals surface area contributed by atoms with Crippen LogP contribution in [0.5, 0.6) is 0 Å². The van der Waals surface area contributed by atoms with Gasteiger partial charge in [0.25, 0.3) is 23.6 Å². The number of ether oxygens (including phenoxy) is 2. The van der Waals surface area contributed by atoms with E-state index in [1.807, 2.05) is 0 Å². The van der Waals surface area contributed by atoms with Crippen molar-refractivity contribution >= 4 is 47.6 Å². The minimum atomic E-state index is -1.33. The number of nitrogens with one attached hydrogen (secondary N) is 2. The number of hydrogen-bond donors (Lipinski definition) is 2. The summed E-state index contributed by atoms with van der Waals surface area (Å²) in [7, 11) is 0. The van der Waals surface area contributed by atoms with E-state index in [2.05, 4.69) is 15.5 Å². The predicted molar refractivity (Wildman–Crippen MR) is 151 cm³/mol. The van der Waals surface area contributed by atoms with Gasteiger partial charge in [0.15, 0.2) is 0 Å². The summed E-state index contributed by atoms with van der Waals surface area (Å²) in [5, 5.41) is 6.02. The molecule has 0 aromatic rings. The van der Waals surface area contributed by atoms with Gasteiger partial charge in [0.05, 0.1) is 0 Å². The van der Waals surface area contributed by atoms with Gasteiger partial charge in [-0.25, -0.2) is 4.79 Å². The first-order chi connectivity index (χ1) is 21.1. The molecule has 0 aromatic heterocycles. The molecule has 1 fully saturated rings. The largest absolute Gasteiger partial charge is 0.537 e. The van der Waals surface area contributed by atoms with Crippen LogP contribution in [0.3, 0.4) is 0 Å². The first-order valence-corrected chi connectivity index (χ1v) is 15.1. The van der Waals surface area contributed by atoms with Crippen molar-refractivity contribution < 1.29 is 52.7 Å². The Bertz CT molecular complexity index is 1060. The maximum atomic E-state index is 12.0. The highest BCUT2D eigenvalue weighted by molar-refractivity contribution is 6.12. The van der Waals surface area contributed by atoms with Crippen molar-refractivity contribution in [1.82, 2.24) is 20.6 Å². The van der Waals surface area contributed by atoms with Crippen LogP contribution < -0.4 is 10.6 Å².